The van der Waals surface area contributed by atoms with Gasteiger partial charge in [-0.25, -0.2) is 0 Å². The number of amides is 1. The van der Waals surface area contributed by atoms with Gasteiger partial charge in [-0.3, -0.25) is 9.00 Å². The first-order valence-electron chi connectivity index (χ1n) is 3.09. The Bertz CT molecular complexity index is 147. The molecular formula is C6H13NO2S. The van der Waals surface area contributed by atoms with Gasteiger partial charge in [0.1, 0.15) is 0 Å². The van der Waals surface area contributed by atoms with Crippen molar-refractivity contribution in [3.63, 3.8) is 0 Å². The fraction of sp³-hybridized carbons (Fsp3) is 0.833. The monoisotopic (exact) mass is 163 g/mol. The van der Waals surface area contributed by atoms with Crippen molar-refractivity contribution in [3.05, 3.63) is 0 Å². The summed E-state index contributed by atoms with van der Waals surface area (Å²) in [4.78, 5) is 10.8. The third-order valence-electron chi connectivity index (χ3n) is 1.18. The molecule has 0 aliphatic heterocycles. The molecule has 0 spiro atoms. The van der Waals surface area contributed by atoms with E-state index in [1.165, 1.54) is 0 Å². The Labute approximate surface area is 63.6 Å². The maximum Gasteiger partial charge on any atom is 0.223 e. The van der Waals surface area contributed by atoms with Gasteiger partial charge in [-0.1, -0.05) is 6.92 Å². The lowest BCUT2D eigenvalue weighted by Crippen LogP contribution is -2.28. The van der Waals surface area contributed by atoms with E-state index in [-0.39, 0.29) is 11.8 Å². The molecule has 0 aromatic carbocycles. The summed E-state index contributed by atoms with van der Waals surface area (Å²) in [6.07, 6.45) is 1.60. The summed E-state index contributed by atoms with van der Waals surface area (Å²) in [6.45, 7) is 1.76. The van der Waals surface area contributed by atoms with E-state index in [1.807, 2.05) is 0 Å². The second kappa shape index (κ2) is 4.44. The number of rotatable bonds is 3. The molecule has 0 rings (SSSR count). The van der Waals surface area contributed by atoms with Gasteiger partial charge in [0.25, 0.3) is 0 Å². The van der Waals surface area contributed by atoms with Crippen molar-refractivity contribution in [2.24, 2.45) is 5.92 Å². The van der Waals surface area contributed by atoms with Crippen LogP contribution in [0.5, 0.6) is 0 Å². The van der Waals surface area contributed by atoms with Crippen molar-refractivity contribution in [2.75, 3.05) is 19.1 Å². The zero-order chi connectivity index (χ0) is 8.15. The van der Waals surface area contributed by atoms with Gasteiger partial charge in [0.15, 0.2) is 0 Å². The maximum absolute atomic E-state index is 10.8. The SMILES string of the molecule is CNC(=O)C(C)CS(C)=O. The van der Waals surface area contributed by atoms with E-state index in [0.717, 1.165) is 0 Å². The van der Waals surface area contributed by atoms with Gasteiger partial charge in [-0.05, 0) is 0 Å². The molecule has 60 valence electrons. The molecule has 0 bridgehead atoms. The molecule has 0 heterocycles. The summed E-state index contributed by atoms with van der Waals surface area (Å²) < 4.78 is 10.6. The molecule has 2 atom stereocenters. The number of nitrogens with one attached hydrogen (secondary N) is 1. The molecule has 0 fully saturated rings. The average molecular weight is 163 g/mol. The van der Waals surface area contributed by atoms with Crippen molar-refractivity contribution in [2.45, 2.75) is 6.92 Å². The van der Waals surface area contributed by atoms with Crippen LogP contribution in [-0.4, -0.2) is 29.2 Å². The van der Waals surface area contributed by atoms with Crippen molar-refractivity contribution in [1.82, 2.24) is 5.32 Å². The Morgan fingerprint density at radius 3 is 2.50 bits per heavy atom. The molecule has 1 N–H and O–H groups in total. The molecule has 4 heteroatoms. The first kappa shape index (κ1) is 9.62. The number of hydrogen-bond acceptors (Lipinski definition) is 2. The van der Waals surface area contributed by atoms with Gasteiger partial charge < -0.3 is 5.32 Å². The lowest BCUT2D eigenvalue weighted by molar-refractivity contribution is -0.123. The summed E-state index contributed by atoms with van der Waals surface area (Å²) in [7, 11) is 0.702. The molecule has 0 aromatic rings. The van der Waals surface area contributed by atoms with Gasteiger partial charge in [0.05, 0.1) is 0 Å². The number of hydrogen-bond donors (Lipinski definition) is 1. The van der Waals surface area contributed by atoms with Gasteiger partial charge >= 0.3 is 0 Å². The predicted octanol–water partition coefficient (Wildman–Crippen LogP) is -0.253. The quantitative estimate of drug-likeness (QED) is 0.623. The standard InChI is InChI=1S/C6H13NO2S/c1-5(4-10(3)9)6(8)7-2/h5H,4H2,1-3H3,(H,7,8). The molecule has 1 amide bonds. The molecule has 0 aliphatic carbocycles. The molecule has 3 nitrogen and oxygen atoms in total. The molecule has 0 aliphatic rings. The highest BCUT2D eigenvalue weighted by molar-refractivity contribution is 7.84. The third kappa shape index (κ3) is 3.61. The van der Waals surface area contributed by atoms with E-state index < -0.39 is 10.8 Å². The predicted molar refractivity (Wildman–Crippen MR) is 42.2 cm³/mol. The van der Waals surface area contributed by atoms with Crippen LogP contribution in [0.1, 0.15) is 6.92 Å². The van der Waals surface area contributed by atoms with E-state index in [2.05, 4.69) is 5.32 Å². The van der Waals surface area contributed by atoms with Crippen LogP contribution in [0.25, 0.3) is 0 Å². The minimum atomic E-state index is -0.879. The van der Waals surface area contributed by atoms with Crippen molar-refractivity contribution in [1.29, 1.82) is 0 Å². The van der Waals surface area contributed by atoms with Crippen LogP contribution in [0.4, 0.5) is 0 Å². The van der Waals surface area contributed by atoms with Crippen molar-refractivity contribution in [3.8, 4) is 0 Å². The zero-order valence-electron chi connectivity index (χ0n) is 6.51. The van der Waals surface area contributed by atoms with Crippen LogP contribution in [0.3, 0.4) is 0 Å². The first-order valence-corrected chi connectivity index (χ1v) is 4.82. The minimum absolute atomic E-state index is 0.0461. The van der Waals surface area contributed by atoms with Crippen LogP contribution in [0.2, 0.25) is 0 Å². The van der Waals surface area contributed by atoms with E-state index in [9.17, 15) is 9.00 Å². The van der Waals surface area contributed by atoms with E-state index in [0.29, 0.717) is 5.75 Å². The molecule has 0 saturated carbocycles. The average Bonchev–Trinajstić information content (AvgIpc) is 1.85. The molecule has 2 unspecified atom stereocenters. The molecule has 0 saturated heterocycles. The van der Waals surface area contributed by atoms with Crippen molar-refractivity contribution >= 4 is 16.7 Å². The normalized spacial score (nSPS) is 15.9. The largest absolute Gasteiger partial charge is 0.359 e. The van der Waals surface area contributed by atoms with Crippen LogP contribution in [0.15, 0.2) is 0 Å². The Morgan fingerprint density at radius 2 is 2.20 bits per heavy atom. The van der Waals surface area contributed by atoms with Gasteiger partial charge in [0.2, 0.25) is 5.91 Å². The van der Waals surface area contributed by atoms with Crippen LogP contribution >= 0.6 is 0 Å². The summed E-state index contributed by atoms with van der Waals surface area (Å²) >= 11 is 0. The summed E-state index contributed by atoms with van der Waals surface area (Å²) in [5.74, 6) is 0.255. The third-order valence-corrected chi connectivity index (χ3v) is 2.15. The summed E-state index contributed by atoms with van der Waals surface area (Å²) in [5.41, 5.74) is 0. The van der Waals surface area contributed by atoms with E-state index in [4.69, 9.17) is 0 Å². The van der Waals surface area contributed by atoms with Crippen molar-refractivity contribution < 1.29 is 9.00 Å². The topological polar surface area (TPSA) is 46.2 Å². The van der Waals surface area contributed by atoms with Crippen LogP contribution in [-0.2, 0) is 15.6 Å². The van der Waals surface area contributed by atoms with Crippen LogP contribution in [0, 0.1) is 5.92 Å². The van der Waals surface area contributed by atoms with Gasteiger partial charge in [-0.15, -0.1) is 0 Å². The number of carbonyl (C=O) groups is 1. The van der Waals surface area contributed by atoms with Gasteiger partial charge in [-0.2, -0.15) is 0 Å². The highest BCUT2D eigenvalue weighted by Gasteiger charge is 2.11. The second-order valence-corrected chi connectivity index (χ2v) is 3.73. The Balaban J connectivity index is 3.72. The number of carbonyl (C=O) groups excluding carboxylic acids is 1. The fourth-order valence-corrected chi connectivity index (χ4v) is 1.53. The Kier molecular flexibility index (Phi) is 4.27. The Hall–Kier alpha value is -0.380. The molecule has 0 aromatic heterocycles. The summed E-state index contributed by atoms with van der Waals surface area (Å²) in [6, 6.07) is 0. The summed E-state index contributed by atoms with van der Waals surface area (Å²) in [5, 5.41) is 2.50. The molecule has 0 radical (unpaired) electrons. The van der Waals surface area contributed by atoms with Crippen LogP contribution < -0.4 is 5.32 Å². The highest BCUT2D eigenvalue weighted by Crippen LogP contribution is 1.95. The lowest BCUT2D eigenvalue weighted by Gasteiger charge is -2.06. The molecule has 10 heavy (non-hydrogen) atoms. The van der Waals surface area contributed by atoms with Gasteiger partial charge in [0, 0.05) is 35.8 Å². The highest BCUT2D eigenvalue weighted by atomic mass is 32.2. The fourth-order valence-electron chi connectivity index (χ4n) is 0.674. The second-order valence-electron chi connectivity index (χ2n) is 2.26. The van der Waals surface area contributed by atoms with E-state index in [1.54, 1.807) is 20.2 Å². The lowest BCUT2D eigenvalue weighted by atomic mass is 10.2. The smallest absolute Gasteiger partial charge is 0.223 e. The maximum atomic E-state index is 10.8. The minimum Gasteiger partial charge on any atom is -0.359 e. The Morgan fingerprint density at radius 1 is 1.70 bits per heavy atom. The zero-order valence-corrected chi connectivity index (χ0v) is 7.33. The first-order chi connectivity index (χ1) is 4.57. The molecular weight excluding hydrogens is 150 g/mol. The van der Waals surface area contributed by atoms with E-state index >= 15 is 0 Å².